The van der Waals surface area contributed by atoms with Gasteiger partial charge in [-0.25, -0.2) is 13.8 Å². The van der Waals surface area contributed by atoms with E-state index in [0.717, 1.165) is 37.9 Å². The predicted octanol–water partition coefficient (Wildman–Crippen LogP) is 2.44. The number of carbonyl (C=O) groups is 1. The summed E-state index contributed by atoms with van der Waals surface area (Å²) >= 11 is 0. The van der Waals surface area contributed by atoms with Crippen LogP contribution in [-0.4, -0.2) is 37.1 Å². The Balaban J connectivity index is 0.00000208. The average Bonchev–Trinajstić information content (AvgIpc) is 2.59. The van der Waals surface area contributed by atoms with Gasteiger partial charge >= 0.3 is 0 Å². The zero-order valence-corrected chi connectivity index (χ0v) is 13.6. The van der Waals surface area contributed by atoms with E-state index in [1.165, 1.54) is 12.1 Å². The van der Waals surface area contributed by atoms with Crippen molar-refractivity contribution in [1.29, 1.82) is 0 Å². The highest BCUT2D eigenvalue weighted by molar-refractivity contribution is 6.04. The average molecular weight is 355 g/mol. The molecule has 0 unspecified atom stereocenters. The molecule has 3 rings (SSSR count). The zero-order chi connectivity index (χ0) is 16.2. The lowest BCUT2D eigenvalue weighted by Crippen LogP contribution is -2.43. The third kappa shape index (κ3) is 3.98. The van der Waals surface area contributed by atoms with Gasteiger partial charge in [-0.2, -0.15) is 0 Å². The van der Waals surface area contributed by atoms with Crippen LogP contribution >= 0.6 is 12.4 Å². The number of pyridine rings is 1. The van der Waals surface area contributed by atoms with Gasteiger partial charge in [-0.15, -0.1) is 12.4 Å². The summed E-state index contributed by atoms with van der Waals surface area (Å²) in [6.07, 6.45) is 1.66. The van der Waals surface area contributed by atoms with Gasteiger partial charge in [0.15, 0.2) is 11.6 Å². The number of benzene rings is 1. The van der Waals surface area contributed by atoms with Crippen LogP contribution in [-0.2, 0) is 0 Å². The van der Waals surface area contributed by atoms with E-state index in [9.17, 15) is 13.6 Å². The van der Waals surface area contributed by atoms with Crippen LogP contribution in [0.2, 0.25) is 0 Å². The van der Waals surface area contributed by atoms with Crippen molar-refractivity contribution < 1.29 is 13.6 Å². The molecule has 0 aliphatic carbocycles. The summed E-state index contributed by atoms with van der Waals surface area (Å²) in [7, 11) is 0. The number of piperazine rings is 1. The third-order valence-corrected chi connectivity index (χ3v) is 3.67. The van der Waals surface area contributed by atoms with E-state index in [-0.39, 0.29) is 23.8 Å². The van der Waals surface area contributed by atoms with Crippen molar-refractivity contribution in [2.24, 2.45) is 0 Å². The number of anilines is 2. The molecule has 0 radical (unpaired) electrons. The summed E-state index contributed by atoms with van der Waals surface area (Å²) in [5, 5.41) is 5.73. The smallest absolute Gasteiger partial charge is 0.259 e. The molecular formula is C16H17ClF2N4O. The molecule has 8 heteroatoms. The summed E-state index contributed by atoms with van der Waals surface area (Å²) in [6, 6.07) is 6.96. The Labute approximate surface area is 144 Å². The number of hydrogen-bond acceptors (Lipinski definition) is 4. The van der Waals surface area contributed by atoms with Gasteiger partial charge in [-0.3, -0.25) is 4.79 Å². The lowest BCUT2D eigenvalue weighted by Gasteiger charge is -2.29. The molecule has 2 aromatic rings. The maximum atomic E-state index is 13.6. The standard InChI is InChI=1S/C16H16F2N4O.ClH/c17-13-3-1-2-12(15(13)18)16(23)21-14-5-4-11(10-20-14)22-8-6-19-7-9-22;/h1-5,10,19H,6-9H2,(H,20,21,23);1H. The van der Waals surface area contributed by atoms with Crippen molar-refractivity contribution in [2.45, 2.75) is 0 Å². The van der Waals surface area contributed by atoms with Crippen molar-refractivity contribution >= 4 is 29.8 Å². The summed E-state index contributed by atoms with van der Waals surface area (Å²) in [5.74, 6) is -2.66. The van der Waals surface area contributed by atoms with Crippen molar-refractivity contribution in [2.75, 3.05) is 36.4 Å². The Kier molecular flexibility index (Phi) is 6.05. The first-order valence-corrected chi connectivity index (χ1v) is 7.32. The third-order valence-electron chi connectivity index (χ3n) is 3.67. The van der Waals surface area contributed by atoms with E-state index in [1.54, 1.807) is 12.3 Å². The van der Waals surface area contributed by atoms with E-state index in [2.05, 4.69) is 20.5 Å². The molecule has 1 aliphatic heterocycles. The number of hydrogen-bond donors (Lipinski definition) is 2. The molecule has 128 valence electrons. The Bertz CT molecular complexity index is 706. The lowest BCUT2D eigenvalue weighted by atomic mass is 10.2. The summed E-state index contributed by atoms with van der Waals surface area (Å²) in [4.78, 5) is 18.3. The van der Waals surface area contributed by atoms with Crippen molar-refractivity contribution in [3.63, 3.8) is 0 Å². The Morgan fingerprint density at radius 1 is 1.17 bits per heavy atom. The van der Waals surface area contributed by atoms with Crippen LogP contribution in [0.1, 0.15) is 10.4 Å². The van der Waals surface area contributed by atoms with Gasteiger partial charge in [-0.1, -0.05) is 6.07 Å². The second-order valence-corrected chi connectivity index (χ2v) is 5.19. The molecule has 0 saturated carbocycles. The van der Waals surface area contributed by atoms with Crippen LogP contribution < -0.4 is 15.5 Å². The molecule has 5 nitrogen and oxygen atoms in total. The highest BCUT2D eigenvalue weighted by Gasteiger charge is 2.16. The van der Waals surface area contributed by atoms with Crippen molar-refractivity contribution in [1.82, 2.24) is 10.3 Å². The maximum absolute atomic E-state index is 13.6. The number of carbonyl (C=O) groups excluding carboxylic acids is 1. The van der Waals surface area contributed by atoms with E-state index >= 15 is 0 Å². The first kappa shape index (κ1) is 18.1. The number of aromatic nitrogens is 1. The fourth-order valence-electron chi connectivity index (χ4n) is 2.43. The summed E-state index contributed by atoms with van der Waals surface area (Å²) in [6.45, 7) is 3.61. The van der Waals surface area contributed by atoms with Crippen molar-refractivity contribution in [3.05, 3.63) is 53.7 Å². The minimum absolute atomic E-state index is 0. The van der Waals surface area contributed by atoms with Crippen LogP contribution in [0.15, 0.2) is 36.5 Å². The van der Waals surface area contributed by atoms with Crippen LogP contribution in [0.3, 0.4) is 0 Å². The van der Waals surface area contributed by atoms with E-state index in [1.807, 2.05) is 6.07 Å². The highest BCUT2D eigenvalue weighted by atomic mass is 35.5. The minimum Gasteiger partial charge on any atom is -0.368 e. The molecule has 1 saturated heterocycles. The fourth-order valence-corrected chi connectivity index (χ4v) is 2.43. The van der Waals surface area contributed by atoms with E-state index in [0.29, 0.717) is 0 Å². The molecule has 2 N–H and O–H groups in total. The molecule has 1 amide bonds. The van der Waals surface area contributed by atoms with Gasteiger partial charge in [0, 0.05) is 26.2 Å². The predicted molar refractivity (Wildman–Crippen MR) is 90.9 cm³/mol. The van der Waals surface area contributed by atoms with Crippen LogP contribution in [0.25, 0.3) is 0 Å². The molecule has 24 heavy (non-hydrogen) atoms. The first-order chi connectivity index (χ1) is 11.1. The number of nitrogens with zero attached hydrogens (tertiary/aromatic N) is 2. The first-order valence-electron chi connectivity index (χ1n) is 7.32. The number of halogens is 3. The SMILES string of the molecule is Cl.O=C(Nc1ccc(N2CCNCC2)cn1)c1cccc(F)c1F. The highest BCUT2D eigenvalue weighted by Crippen LogP contribution is 2.17. The molecule has 0 spiro atoms. The van der Waals surface area contributed by atoms with Gasteiger partial charge in [-0.05, 0) is 24.3 Å². The Hall–Kier alpha value is -2.25. The van der Waals surface area contributed by atoms with Crippen LogP contribution in [0.4, 0.5) is 20.3 Å². The molecule has 1 fully saturated rings. The van der Waals surface area contributed by atoms with Gasteiger partial charge in [0.1, 0.15) is 5.82 Å². The van der Waals surface area contributed by atoms with E-state index in [4.69, 9.17) is 0 Å². The van der Waals surface area contributed by atoms with Crippen LogP contribution in [0, 0.1) is 11.6 Å². The number of rotatable bonds is 3. The monoisotopic (exact) mass is 354 g/mol. The minimum atomic E-state index is -1.16. The molecular weight excluding hydrogens is 338 g/mol. The molecule has 0 bridgehead atoms. The van der Waals surface area contributed by atoms with Gasteiger partial charge in [0.05, 0.1) is 17.4 Å². The van der Waals surface area contributed by atoms with Gasteiger partial charge in [0.2, 0.25) is 0 Å². The van der Waals surface area contributed by atoms with Gasteiger partial charge in [0.25, 0.3) is 5.91 Å². The topological polar surface area (TPSA) is 57.3 Å². The molecule has 1 aromatic carbocycles. The largest absolute Gasteiger partial charge is 0.368 e. The van der Waals surface area contributed by atoms with E-state index < -0.39 is 17.5 Å². The quantitative estimate of drug-likeness (QED) is 0.889. The summed E-state index contributed by atoms with van der Waals surface area (Å²) in [5.41, 5.74) is 0.611. The number of amides is 1. The molecule has 1 aliphatic rings. The van der Waals surface area contributed by atoms with Gasteiger partial charge < -0.3 is 15.5 Å². The Morgan fingerprint density at radius 2 is 1.92 bits per heavy atom. The maximum Gasteiger partial charge on any atom is 0.259 e. The molecule has 1 aromatic heterocycles. The molecule has 0 atom stereocenters. The normalized spacial score (nSPS) is 14.0. The fraction of sp³-hybridized carbons (Fsp3) is 0.250. The summed E-state index contributed by atoms with van der Waals surface area (Å²) < 4.78 is 26.7. The molecule has 2 heterocycles. The van der Waals surface area contributed by atoms with Crippen LogP contribution in [0.5, 0.6) is 0 Å². The zero-order valence-electron chi connectivity index (χ0n) is 12.8. The second-order valence-electron chi connectivity index (χ2n) is 5.19. The van der Waals surface area contributed by atoms with Crippen molar-refractivity contribution in [3.8, 4) is 0 Å². The lowest BCUT2D eigenvalue weighted by molar-refractivity contribution is 0.102. The number of nitrogens with one attached hydrogen (secondary N) is 2. The Morgan fingerprint density at radius 3 is 2.58 bits per heavy atom. The second kappa shape index (κ2) is 8.03.